The van der Waals surface area contributed by atoms with Crippen LogP contribution in [0.15, 0.2) is 136 Å². The van der Waals surface area contributed by atoms with Gasteiger partial charge in [-0.3, -0.25) is 4.79 Å². The summed E-state index contributed by atoms with van der Waals surface area (Å²) in [5, 5.41) is 0. The van der Waals surface area contributed by atoms with Gasteiger partial charge in [-0.25, -0.2) is 0 Å². The third kappa shape index (κ3) is 7.78. The highest BCUT2D eigenvalue weighted by atomic mass is 32.2. The first-order chi connectivity index (χ1) is 20.2. The monoisotopic (exact) mass is 562 g/mol. The van der Waals surface area contributed by atoms with Crippen LogP contribution in [0, 0.1) is 0 Å². The average Bonchev–Trinajstić information content (AvgIpc) is 3.04. The Kier molecular flexibility index (Phi) is 10.5. The van der Waals surface area contributed by atoms with Crippen LogP contribution in [0.3, 0.4) is 0 Å². The van der Waals surface area contributed by atoms with Crippen LogP contribution in [0.1, 0.15) is 50.2 Å². The largest absolute Gasteiger partial charge is 0.466 e. The Morgan fingerprint density at radius 3 is 1.76 bits per heavy atom. The molecule has 1 aliphatic rings. The van der Waals surface area contributed by atoms with Crippen LogP contribution in [0.5, 0.6) is 0 Å². The van der Waals surface area contributed by atoms with Gasteiger partial charge in [0.05, 0.1) is 17.5 Å². The van der Waals surface area contributed by atoms with Gasteiger partial charge in [-0.15, -0.1) is 0 Å². The number of benzene rings is 4. The molecule has 0 saturated carbocycles. The van der Waals surface area contributed by atoms with E-state index in [1.165, 1.54) is 31.4 Å². The number of carbonyl (C=O) groups excluding carboxylic acids is 1. The summed E-state index contributed by atoms with van der Waals surface area (Å²) in [4.78, 5) is 17.9. The predicted octanol–water partition coefficient (Wildman–Crippen LogP) is 8.41. The minimum atomic E-state index is -0.149. The molecule has 0 spiro atoms. The molecular weight excluding hydrogens is 522 g/mol. The van der Waals surface area contributed by atoms with Crippen LogP contribution in [-0.2, 0) is 20.4 Å². The Labute approximate surface area is 248 Å². The van der Waals surface area contributed by atoms with Crippen LogP contribution >= 0.6 is 0 Å². The van der Waals surface area contributed by atoms with Crippen LogP contribution in [0.25, 0.3) is 5.57 Å². The fourth-order valence-electron chi connectivity index (χ4n) is 5.48. The van der Waals surface area contributed by atoms with Crippen molar-refractivity contribution in [3.05, 3.63) is 132 Å². The number of esters is 1. The normalized spacial score (nSPS) is 13.8. The highest BCUT2D eigenvalue weighted by Gasteiger charge is 2.28. The van der Waals surface area contributed by atoms with Gasteiger partial charge in [0.1, 0.15) is 0 Å². The van der Waals surface area contributed by atoms with Crippen LogP contribution in [0.2, 0.25) is 0 Å². The molecular formula is C37H40NO2S+. The molecule has 1 aliphatic heterocycles. The summed E-state index contributed by atoms with van der Waals surface area (Å²) in [5.41, 5.74) is 5.53. The van der Waals surface area contributed by atoms with E-state index in [4.69, 9.17) is 4.74 Å². The average molecular weight is 563 g/mol. The van der Waals surface area contributed by atoms with Gasteiger partial charge in [0.15, 0.2) is 14.7 Å². The minimum absolute atomic E-state index is 0.102. The molecule has 4 aromatic rings. The van der Waals surface area contributed by atoms with Crippen molar-refractivity contribution in [2.24, 2.45) is 0 Å². The standard InChI is InChI=1S/C37H40NO2S/c1-2-36(39)40-29-13-12-26-38-27-24-32(25-28-38)37(30-14-6-3-7-15-30)31-20-22-35(23-21-31)41(33-16-8-4-9-17-33)34-18-10-5-11-19-34/h3-11,14-23H,2,12-13,24-29H2,1H3/q+1. The zero-order chi connectivity index (χ0) is 28.3. The van der Waals surface area contributed by atoms with Crippen LogP contribution in [0.4, 0.5) is 0 Å². The van der Waals surface area contributed by atoms with Gasteiger partial charge in [-0.2, -0.15) is 0 Å². The van der Waals surface area contributed by atoms with Gasteiger partial charge < -0.3 is 9.64 Å². The Hall–Kier alpha value is -3.60. The van der Waals surface area contributed by atoms with Crippen molar-refractivity contribution >= 4 is 22.4 Å². The van der Waals surface area contributed by atoms with Gasteiger partial charge >= 0.3 is 5.97 Å². The van der Waals surface area contributed by atoms with E-state index < -0.39 is 0 Å². The lowest BCUT2D eigenvalue weighted by molar-refractivity contribution is -0.143. The Morgan fingerprint density at radius 1 is 0.683 bits per heavy atom. The summed E-state index contributed by atoms with van der Waals surface area (Å²) >= 11 is 0. The van der Waals surface area contributed by atoms with E-state index in [1.807, 2.05) is 6.92 Å². The summed E-state index contributed by atoms with van der Waals surface area (Å²) in [6.45, 7) is 5.59. The molecule has 0 aliphatic carbocycles. The summed E-state index contributed by atoms with van der Waals surface area (Å²) in [6, 6.07) is 41.9. The number of piperidine rings is 1. The Bertz CT molecular complexity index is 1350. The number of hydrogen-bond acceptors (Lipinski definition) is 3. The number of rotatable bonds is 11. The van der Waals surface area contributed by atoms with Gasteiger partial charge in [-0.05, 0) is 97.5 Å². The molecule has 0 aromatic heterocycles. The van der Waals surface area contributed by atoms with Crippen LogP contribution < -0.4 is 0 Å². The van der Waals surface area contributed by atoms with Gasteiger partial charge in [0.2, 0.25) is 0 Å². The summed E-state index contributed by atoms with van der Waals surface area (Å²) in [6.07, 6.45) is 4.60. The maximum atomic E-state index is 11.4. The molecule has 4 heteroatoms. The molecule has 1 fully saturated rings. The van der Waals surface area contributed by atoms with E-state index in [1.54, 1.807) is 5.57 Å². The van der Waals surface area contributed by atoms with E-state index >= 15 is 0 Å². The predicted molar refractivity (Wildman–Crippen MR) is 170 cm³/mol. The molecule has 41 heavy (non-hydrogen) atoms. The second-order valence-electron chi connectivity index (χ2n) is 10.4. The number of ether oxygens (including phenoxy) is 1. The lowest BCUT2D eigenvalue weighted by Crippen LogP contribution is -2.32. The van der Waals surface area contributed by atoms with Crippen molar-refractivity contribution in [1.82, 2.24) is 4.90 Å². The Morgan fingerprint density at radius 2 is 1.20 bits per heavy atom. The molecule has 0 N–H and O–H groups in total. The SMILES string of the molecule is CCC(=O)OCCCCN1CCC(=C(c2ccccc2)c2ccc([S+](c3ccccc3)c3ccccc3)cc2)CC1. The smallest absolute Gasteiger partial charge is 0.305 e. The number of nitrogens with zero attached hydrogens (tertiary/aromatic N) is 1. The van der Waals surface area contributed by atoms with E-state index in [9.17, 15) is 4.79 Å². The maximum absolute atomic E-state index is 11.4. The first-order valence-electron chi connectivity index (χ1n) is 14.8. The molecule has 1 saturated heterocycles. The van der Waals surface area contributed by atoms with E-state index in [0.717, 1.165) is 45.3 Å². The molecule has 4 aromatic carbocycles. The summed E-state index contributed by atoms with van der Waals surface area (Å²) in [5.74, 6) is -0.102. The van der Waals surface area contributed by atoms with Crippen molar-refractivity contribution in [3.8, 4) is 0 Å². The molecule has 0 atom stereocenters. The number of hydrogen-bond donors (Lipinski definition) is 0. The second kappa shape index (κ2) is 14.9. The molecule has 0 unspecified atom stereocenters. The van der Waals surface area contributed by atoms with Crippen molar-refractivity contribution in [1.29, 1.82) is 0 Å². The number of carbonyl (C=O) groups is 1. The maximum Gasteiger partial charge on any atom is 0.305 e. The molecule has 1 heterocycles. The third-order valence-electron chi connectivity index (χ3n) is 7.63. The fraction of sp³-hybridized carbons (Fsp3) is 0.270. The minimum Gasteiger partial charge on any atom is -0.466 e. The first-order valence-corrected chi connectivity index (χ1v) is 16.1. The first kappa shape index (κ1) is 28.9. The highest BCUT2D eigenvalue weighted by Crippen LogP contribution is 2.35. The van der Waals surface area contributed by atoms with Crippen molar-refractivity contribution in [2.75, 3.05) is 26.2 Å². The fourth-order valence-corrected chi connectivity index (χ4v) is 7.56. The molecule has 5 rings (SSSR count). The zero-order valence-electron chi connectivity index (χ0n) is 24.0. The molecule has 0 radical (unpaired) electrons. The number of unbranched alkanes of at least 4 members (excludes halogenated alkanes) is 1. The van der Waals surface area contributed by atoms with Crippen LogP contribution in [-0.4, -0.2) is 37.1 Å². The van der Waals surface area contributed by atoms with Gasteiger partial charge in [0.25, 0.3) is 0 Å². The Balaban J connectivity index is 1.34. The molecule has 3 nitrogen and oxygen atoms in total. The number of likely N-dealkylation sites (tertiary alicyclic amines) is 1. The van der Waals surface area contributed by atoms with E-state index in [-0.39, 0.29) is 16.9 Å². The molecule has 0 bridgehead atoms. The topological polar surface area (TPSA) is 29.5 Å². The van der Waals surface area contributed by atoms with Gasteiger partial charge in [0, 0.05) is 19.5 Å². The van der Waals surface area contributed by atoms with Gasteiger partial charge in [-0.1, -0.05) is 79.2 Å². The van der Waals surface area contributed by atoms with E-state index in [2.05, 4.69) is 120 Å². The quantitative estimate of drug-likeness (QED) is 0.104. The van der Waals surface area contributed by atoms with Crippen molar-refractivity contribution in [3.63, 3.8) is 0 Å². The zero-order valence-corrected chi connectivity index (χ0v) is 24.8. The second-order valence-corrected chi connectivity index (χ2v) is 12.5. The molecule has 210 valence electrons. The van der Waals surface area contributed by atoms with Crippen molar-refractivity contribution in [2.45, 2.75) is 53.7 Å². The highest BCUT2D eigenvalue weighted by molar-refractivity contribution is 7.97. The third-order valence-corrected chi connectivity index (χ3v) is 9.86. The van der Waals surface area contributed by atoms with Crippen molar-refractivity contribution < 1.29 is 9.53 Å². The lowest BCUT2D eigenvalue weighted by Gasteiger charge is -2.30. The summed E-state index contributed by atoms with van der Waals surface area (Å²) < 4.78 is 5.24. The van der Waals surface area contributed by atoms with E-state index in [0.29, 0.717) is 13.0 Å². The summed E-state index contributed by atoms with van der Waals surface area (Å²) in [7, 11) is -0.149. The molecule has 0 amide bonds. The lowest BCUT2D eigenvalue weighted by atomic mass is 9.88.